The zero-order valence-electron chi connectivity index (χ0n) is 21.7. The number of aliphatic hydroxyl groups excluding tert-OH is 1. The van der Waals surface area contributed by atoms with Crippen LogP contribution in [0.4, 0.5) is 0 Å². The van der Waals surface area contributed by atoms with E-state index in [0.717, 1.165) is 18.3 Å². The van der Waals surface area contributed by atoms with E-state index in [1.54, 1.807) is 0 Å². The van der Waals surface area contributed by atoms with E-state index >= 15 is 0 Å². The molecule has 1 heteroatoms. The molecule has 4 aliphatic rings. The van der Waals surface area contributed by atoms with Crippen molar-refractivity contribution in [2.24, 2.45) is 45.8 Å². The van der Waals surface area contributed by atoms with Gasteiger partial charge in [-0.3, -0.25) is 0 Å². The van der Waals surface area contributed by atoms with Gasteiger partial charge < -0.3 is 5.11 Å². The Bertz CT molecular complexity index is 748. The minimum absolute atomic E-state index is 0.0806. The molecule has 176 valence electrons. The highest BCUT2D eigenvalue weighted by Gasteiger charge is 2.62. The summed E-state index contributed by atoms with van der Waals surface area (Å²) >= 11 is 0. The molecule has 0 aliphatic heterocycles. The third-order valence-electron chi connectivity index (χ3n) is 12.0. The molecule has 31 heavy (non-hydrogen) atoms. The van der Waals surface area contributed by atoms with Gasteiger partial charge in [0.2, 0.25) is 0 Å². The summed E-state index contributed by atoms with van der Waals surface area (Å²) in [6.45, 7) is 21.5. The van der Waals surface area contributed by atoms with Crippen LogP contribution in [0.3, 0.4) is 0 Å². The number of hydrogen-bond donors (Lipinski definition) is 1. The van der Waals surface area contributed by atoms with Crippen molar-refractivity contribution < 1.29 is 5.11 Å². The van der Waals surface area contributed by atoms with Gasteiger partial charge in [0.25, 0.3) is 0 Å². The second-order valence-corrected chi connectivity index (χ2v) is 13.2. The summed E-state index contributed by atoms with van der Waals surface area (Å²) in [6.07, 6.45) is 12.9. The SMILES string of the molecule is C=C(C)[C@@H](C)CC[C@@H](C)[C@H]1CC[C@@]2(C)C3=C(CC[C@]12C)[C@@]1(C)CC[C@H](O)[C@@H](C)[C@@H]1CC3. The van der Waals surface area contributed by atoms with Gasteiger partial charge in [-0.15, -0.1) is 0 Å². The van der Waals surface area contributed by atoms with Crippen molar-refractivity contribution in [3.05, 3.63) is 23.3 Å². The molecule has 1 nitrogen and oxygen atoms in total. The molecule has 0 amide bonds. The van der Waals surface area contributed by atoms with Crippen molar-refractivity contribution in [3.63, 3.8) is 0 Å². The monoisotopic (exact) mass is 426 g/mol. The molecule has 0 saturated heterocycles. The molecule has 0 heterocycles. The molecule has 1 N–H and O–H groups in total. The lowest BCUT2D eigenvalue weighted by Crippen LogP contribution is -2.51. The Kier molecular flexibility index (Phi) is 6.11. The van der Waals surface area contributed by atoms with Crippen LogP contribution in [0.1, 0.15) is 113 Å². The molecule has 0 aromatic rings. The van der Waals surface area contributed by atoms with Crippen LogP contribution in [0.5, 0.6) is 0 Å². The van der Waals surface area contributed by atoms with E-state index in [0.29, 0.717) is 34.0 Å². The second-order valence-electron chi connectivity index (χ2n) is 13.2. The standard InChI is InChI=1S/C30H50O/c1-19(2)20(3)9-10-21(4)23-13-17-30(8)26-12-11-24-22(5)27(31)15-16-28(24,6)25(26)14-18-29(23,30)7/h20-24,27,31H,1,9-18H2,2-8H3/t20-,21+,22-,23+,24-,27-,28-,29+,30-/m0/s1. The summed E-state index contributed by atoms with van der Waals surface area (Å²) in [7, 11) is 0. The van der Waals surface area contributed by atoms with Gasteiger partial charge >= 0.3 is 0 Å². The lowest BCUT2D eigenvalue weighted by atomic mass is 9.45. The summed E-state index contributed by atoms with van der Waals surface area (Å²) in [4.78, 5) is 0. The summed E-state index contributed by atoms with van der Waals surface area (Å²) in [5.74, 6) is 3.47. The van der Waals surface area contributed by atoms with Gasteiger partial charge in [-0.1, -0.05) is 64.8 Å². The smallest absolute Gasteiger partial charge is 0.0569 e. The molecule has 0 unspecified atom stereocenters. The lowest BCUT2D eigenvalue weighted by Gasteiger charge is -2.60. The zero-order chi connectivity index (χ0) is 22.8. The molecule has 2 fully saturated rings. The van der Waals surface area contributed by atoms with Crippen molar-refractivity contribution >= 4 is 0 Å². The van der Waals surface area contributed by atoms with Gasteiger partial charge in [0.1, 0.15) is 0 Å². The van der Waals surface area contributed by atoms with Crippen molar-refractivity contribution in [2.45, 2.75) is 119 Å². The largest absolute Gasteiger partial charge is 0.393 e. The minimum Gasteiger partial charge on any atom is -0.393 e. The predicted molar refractivity (Wildman–Crippen MR) is 133 cm³/mol. The van der Waals surface area contributed by atoms with Crippen molar-refractivity contribution in [2.75, 3.05) is 0 Å². The number of rotatable bonds is 5. The highest BCUT2D eigenvalue weighted by atomic mass is 16.3. The fourth-order valence-corrected chi connectivity index (χ4v) is 9.21. The molecule has 0 radical (unpaired) electrons. The zero-order valence-corrected chi connectivity index (χ0v) is 21.7. The van der Waals surface area contributed by atoms with E-state index in [1.807, 2.05) is 11.1 Å². The lowest BCUT2D eigenvalue weighted by molar-refractivity contribution is -0.0413. The van der Waals surface area contributed by atoms with Crippen LogP contribution in [0.2, 0.25) is 0 Å². The first-order valence-corrected chi connectivity index (χ1v) is 13.5. The summed E-state index contributed by atoms with van der Waals surface area (Å²) in [5.41, 5.74) is 6.28. The first kappa shape index (κ1) is 23.6. The Morgan fingerprint density at radius 1 is 1.00 bits per heavy atom. The van der Waals surface area contributed by atoms with Gasteiger partial charge in [-0.2, -0.15) is 0 Å². The quantitative estimate of drug-likeness (QED) is 0.438. The van der Waals surface area contributed by atoms with Gasteiger partial charge in [-0.25, -0.2) is 0 Å². The molecule has 9 atom stereocenters. The normalized spacial score (nSPS) is 46.7. The molecular weight excluding hydrogens is 376 g/mol. The van der Waals surface area contributed by atoms with E-state index in [1.165, 1.54) is 63.4 Å². The Morgan fingerprint density at radius 2 is 1.71 bits per heavy atom. The van der Waals surface area contributed by atoms with Gasteiger partial charge in [0.15, 0.2) is 0 Å². The van der Waals surface area contributed by atoms with Crippen LogP contribution >= 0.6 is 0 Å². The van der Waals surface area contributed by atoms with Crippen molar-refractivity contribution in [1.82, 2.24) is 0 Å². The van der Waals surface area contributed by atoms with E-state index in [4.69, 9.17) is 0 Å². The van der Waals surface area contributed by atoms with Crippen LogP contribution in [-0.2, 0) is 0 Å². The van der Waals surface area contributed by atoms with E-state index in [9.17, 15) is 5.11 Å². The molecule has 0 aromatic carbocycles. The van der Waals surface area contributed by atoms with Crippen LogP contribution in [0.25, 0.3) is 0 Å². The maximum absolute atomic E-state index is 10.6. The van der Waals surface area contributed by atoms with E-state index in [2.05, 4.69) is 55.0 Å². The Hall–Kier alpha value is -0.560. The van der Waals surface area contributed by atoms with Crippen LogP contribution < -0.4 is 0 Å². The minimum atomic E-state index is -0.0806. The first-order valence-electron chi connectivity index (χ1n) is 13.5. The number of allylic oxidation sites excluding steroid dienone is 3. The summed E-state index contributed by atoms with van der Waals surface area (Å²) in [5, 5.41) is 10.6. The van der Waals surface area contributed by atoms with Crippen molar-refractivity contribution in [3.8, 4) is 0 Å². The van der Waals surface area contributed by atoms with Crippen LogP contribution in [-0.4, -0.2) is 11.2 Å². The average molecular weight is 427 g/mol. The molecule has 0 spiro atoms. The molecule has 4 aliphatic carbocycles. The van der Waals surface area contributed by atoms with Gasteiger partial charge in [-0.05, 0) is 117 Å². The predicted octanol–water partition coefficient (Wildman–Crippen LogP) is 8.34. The maximum Gasteiger partial charge on any atom is 0.0569 e. The Balaban J connectivity index is 1.60. The summed E-state index contributed by atoms with van der Waals surface area (Å²) < 4.78 is 0. The Morgan fingerprint density at radius 3 is 2.39 bits per heavy atom. The topological polar surface area (TPSA) is 20.2 Å². The van der Waals surface area contributed by atoms with Crippen molar-refractivity contribution in [1.29, 1.82) is 0 Å². The highest BCUT2D eigenvalue weighted by molar-refractivity contribution is 5.38. The number of hydrogen-bond acceptors (Lipinski definition) is 1. The van der Waals surface area contributed by atoms with Crippen LogP contribution in [0, 0.1) is 45.8 Å². The van der Waals surface area contributed by atoms with E-state index in [-0.39, 0.29) is 6.10 Å². The average Bonchev–Trinajstić information content (AvgIpc) is 3.00. The third kappa shape index (κ3) is 3.43. The fourth-order valence-electron chi connectivity index (χ4n) is 9.21. The Labute approximate surface area is 193 Å². The summed E-state index contributed by atoms with van der Waals surface area (Å²) in [6, 6.07) is 0. The van der Waals surface area contributed by atoms with Gasteiger partial charge in [0, 0.05) is 0 Å². The third-order valence-corrected chi connectivity index (χ3v) is 12.0. The molecular formula is C30H50O. The first-order chi connectivity index (χ1) is 14.5. The molecule has 0 aromatic heterocycles. The molecule has 4 rings (SSSR count). The number of fused-ring (bicyclic) bond motifs is 4. The van der Waals surface area contributed by atoms with E-state index < -0.39 is 0 Å². The highest BCUT2D eigenvalue weighted by Crippen LogP contribution is 2.71. The second kappa shape index (κ2) is 8.03. The molecule has 0 bridgehead atoms. The number of aliphatic hydroxyl groups is 1. The fraction of sp³-hybridized carbons (Fsp3) is 0.867. The van der Waals surface area contributed by atoms with Gasteiger partial charge in [0.05, 0.1) is 6.10 Å². The molecule has 2 saturated carbocycles. The maximum atomic E-state index is 10.6. The van der Waals surface area contributed by atoms with Crippen LogP contribution in [0.15, 0.2) is 23.3 Å².